The van der Waals surface area contributed by atoms with E-state index >= 15 is 0 Å². The molecule has 3 rings (SSSR count). The van der Waals surface area contributed by atoms with E-state index in [2.05, 4.69) is 19.0 Å². The normalized spacial score (nSPS) is 35.8. The van der Waals surface area contributed by atoms with Crippen LogP contribution in [0.4, 0.5) is 0 Å². The van der Waals surface area contributed by atoms with E-state index in [1.807, 2.05) is 0 Å². The van der Waals surface area contributed by atoms with Gasteiger partial charge in [0.15, 0.2) is 5.78 Å². The number of fused-ring (bicyclic) bond motifs is 1. The largest absolute Gasteiger partial charge is 0.411 e. The molecule has 1 saturated carbocycles. The summed E-state index contributed by atoms with van der Waals surface area (Å²) in [5.74, 6) is 0.766. The topological polar surface area (TPSA) is 49.7 Å². The maximum Gasteiger partial charge on any atom is 0.159 e. The molecule has 0 aromatic heterocycles. The molecule has 3 aliphatic rings. The van der Waals surface area contributed by atoms with Crippen molar-refractivity contribution in [1.82, 2.24) is 0 Å². The molecule has 3 nitrogen and oxygen atoms in total. The van der Waals surface area contributed by atoms with Crippen molar-refractivity contribution in [2.24, 2.45) is 22.4 Å². The molecule has 0 aromatic rings. The summed E-state index contributed by atoms with van der Waals surface area (Å²) in [7, 11) is 0. The molecule has 0 heterocycles. The Kier molecular flexibility index (Phi) is 1.59. The Morgan fingerprint density at radius 2 is 2.31 bits per heavy atom. The zero-order valence-corrected chi connectivity index (χ0v) is 7.82. The van der Waals surface area contributed by atoms with Crippen molar-refractivity contribution < 1.29 is 10.0 Å². The molecule has 3 aliphatic carbocycles. The van der Waals surface area contributed by atoms with Gasteiger partial charge in [0.1, 0.15) is 0 Å². The third-order valence-corrected chi connectivity index (χ3v) is 3.53. The maximum absolute atomic E-state index is 11.5. The van der Waals surface area contributed by atoms with Gasteiger partial charge in [-0.1, -0.05) is 19.0 Å². The van der Waals surface area contributed by atoms with E-state index in [9.17, 15) is 4.79 Å². The van der Waals surface area contributed by atoms with Crippen molar-refractivity contribution in [3.63, 3.8) is 0 Å². The van der Waals surface area contributed by atoms with E-state index < -0.39 is 0 Å². The van der Waals surface area contributed by atoms with Gasteiger partial charge in [-0.2, -0.15) is 0 Å². The first-order valence-electron chi connectivity index (χ1n) is 4.50. The van der Waals surface area contributed by atoms with Crippen LogP contribution < -0.4 is 0 Å². The molecule has 2 bridgehead atoms. The molecule has 2 atom stereocenters. The molecule has 1 fully saturated rings. The van der Waals surface area contributed by atoms with Crippen molar-refractivity contribution in [3.8, 4) is 0 Å². The number of hydrogen-bond donors (Lipinski definition) is 1. The van der Waals surface area contributed by atoms with Gasteiger partial charge < -0.3 is 5.21 Å². The minimum Gasteiger partial charge on any atom is -0.411 e. The van der Waals surface area contributed by atoms with Crippen molar-refractivity contribution in [1.29, 1.82) is 0 Å². The summed E-state index contributed by atoms with van der Waals surface area (Å²) in [6.07, 6.45) is 3.92. The van der Waals surface area contributed by atoms with Crippen LogP contribution in [0.2, 0.25) is 0 Å². The predicted molar refractivity (Wildman–Crippen MR) is 48.7 cm³/mol. The molecule has 0 radical (unpaired) electrons. The van der Waals surface area contributed by atoms with Gasteiger partial charge in [0, 0.05) is 5.92 Å². The van der Waals surface area contributed by atoms with Crippen LogP contribution in [-0.2, 0) is 4.79 Å². The number of nitrogens with zero attached hydrogens (tertiary/aromatic N) is 1. The van der Waals surface area contributed by atoms with Crippen molar-refractivity contribution in [3.05, 3.63) is 11.6 Å². The van der Waals surface area contributed by atoms with Crippen LogP contribution in [0.3, 0.4) is 0 Å². The Labute approximate surface area is 77.1 Å². The van der Waals surface area contributed by atoms with Gasteiger partial charge in [0.25, 0.3) is 0 Å². The number of hydrogen-bond acceptors (Lipinski definition) is 3. The first kappa shape index (κ1) is 8.48. The summed E-state index contributed by atoms with van der Waals surface area (Å²) in [5.41, 5.74) is 0.933. The van der Waals surface area contributed by atoms with E-state index in [-0.39, 0.29) is 17.1 Å². The number of oxime groups is 1. The first-order chi connectivity index (χ1) is 6.07. The van der Waals surface area contributed by atoms with Crippen LogP contribution >= 0.6 is 0 Å². The lowest BCUT2D eigenvalue weighted by Crippen LogP contribution is -2.52. The molecule has 3 heteroatoms. The summed E-state index contributed by atoms with van der Waals surface area (Å²) < 4.78 is 0. The molecular formula is C10H13NO2. The van der Waals surface area contributed by atoms with Crippen LogP contribution in [0.15, 0.2) is 16.8 Å². The summed E-state index contributed by atoms with van der Waals surface area (Å²) in [6, 6.07) is 0. The Bertz CT molecular complexity index is 315. The van der Waals surface area contributed by atoms with Crippen LogP contribution in [-0.4, -0.2) is 17.2 Å². The van der Waals surface area contributed by atoms with Crippen molar-refractivity contribution >= 4 is 12.0 Å². The minimum absolute atomic E-state index is 0.0579. The molecule has 0 saturated heterocycles. The second kappa shape index (κ2) is 2.44. The van der Waals surface area contributed by atoms with Gasteiger partial charge in [-0.3, -0.25) is 4.79 Å². The van der Waals surface area contributed by atoms with Crippen molar-refractivity contribution in [2.45, 2.75) is 20.3 Å². The third kappa shape index (κ3) is 0.961. The molecule has 2 unspecified atom stereocenters. The van der Waals surface area contributed by atoms with E-state index in [0.29, 0.717) is 5.92 Å². The van der Waals surface area contributed by atoms with Crippen LogP contribution in [0.5, 0.6) is 0 Å². The highest BCUT2D eigenvalue weighted by molar-refractivity contribution is 6.01. The molecular weight excluding hydrogens is 166 g/mol. The van der Waals surface area contributed by atoms with E-state index in [1.165, 1.54) is 6.21 Å². The molecule has 1 N–H and O–H groups in total. The number of allylic oxidation sites excluding steroid dienone is 2. The van der Waals surface area contributed by atoms with Gasteiger partial charge in [-0.25, -0.2) is 0 Å². The smallest absolute Gasteiger partial charge is 0.159 e. The van der Waals surface area contributed by atoms with Gasteiger partial charge in [-0.15, -0.1) is 0 Å². The number of ketones is 1. The SMILES string of the molecule is CC1(C)C2CC1C(C=NO)=CC2=O. The quantitative estimate of drug-likeness (QED) is 0.378. The zero-order chi connectivity index (χ0) is 9.64. The average molecular weight is 179 g/mol. The highest BCUT2D eigenvalue weighted by atomic mass is 16.4. The monoisotopic (exact) mass is 179 g/mol. The fourth-order valence-corrected chi connectivity index (χ4v) is 2.53. The number of carbonyl (C=O) groups excluding carboxylic acids is 1. The van der Waals surface area contributed by atoms with Gasteiger partial charge in [0.2, 0.25) is 0 Å². The Balaban J connectivity index is 2.36. The van der Waals surface area contributed by atoms with Gasteiger partial charge >= 0.3 is 0 Å². The fraction of sp³-hybridized carbons (Fsp3) is 0.600. The molecule has 13 heavy (non-hydrogen) atoms. The Morgan fingerprint density at radius 1 is 1.62 bits per heavy atom. The number of carbonyl (C=O) groups is 1. The molecule has 70 valence electrons. The van der Waals surface area contributed by atoms with Crippen LogP contribution in [0, 0.1) is 17.3 Å². The lowest BCUT2D eigenvalue weighted by molar-refractivity contribution is -0.133. The standard InChI is InChI=1S/C10H13NO2/c1-10(2)7-4-8(10)9(12)3-6(7)5-11-13/h3,5,7-8,13H,4H2,1-2H3. The summed E-state index contributed by atoms with van der Waals surface area (Å²) in [4.78, 5) is 11.5. The highest BCUT2D eigenvalue weighted by Crippen LogP contribution is 2.57. The summed E-state index contributed by atoms with van der Waals surface area (Å²) in [5, 5.41) is 11.4. The minimum atomic E-state index is 0.0579. The average Bonchev–Trinajstić information content (AvgIpc) is 2.03. The summed E-state index contributed by atoms with van der Waals surface area (Å²) in [6.45, 7) is 4.20. The van der Waals surface area contributed by atoms with Crippen LogP contribution in [0.25, 0.3) is 0 Å². The lowest BCUT2D eigenvalue weighted by Gasteiger charge is -2.54. The van der Waals surface area contributed by atoms with Crippen molar-refractivity contribution in [2.75, 3.05) is 0 Å². The molecule has 0 aromatic carbocycles. The highest BCUT2D eigenvalue weighted by Gasteiger charge is 2.54. The van der Waals surface area contributed by atoms with E-state index in [0.717, 1.165) is 12.0 Å². The molecule has 0 amide bonds. The predicted octanol–water partition coefficient (Wildman–Crippen LogP) is 1.62. The zero-order valence-electron chi connectivity index (χ0n) is 7.82. The molecule has 0 aliphatic heterocycles. The van der Waals surface area contributed by atoms with Gasteiger partial charge in [0.05, 0.1) is 6.21 Å². The van der Waals surface area contributed by atoms with Crippen LogP contribution in [0.1, 0.15) is 20.3 Å². The molecule has 0 spiro atoms. The Morgan fingerprint density at radius 3 is 2.77 bits per heavy atom. The van der Waals surface area contributed by atoms with E-state index in [4.69, 9.17) is 5.21 Å². The first-order valence-corrected chi connectivity index (χ1v) is 4.50. The van der Waals surface area contributed by atoms with Gasteiger partial charge in [-0.05, 0) is 29.4 Å². The Hall–Kier alpha value is -1.12. The van der Waals surface area contributed by atoms with E-state index in [1.54, 1.807) is 6.08 Å². The maximum atomic E-state index is 11.5. The number of rotatable bonds is 1. The lowest BCUT2D eigenvalue weighted by atomic mass is 9.48. The third-order valence-electron chi connectivity index (χ3n) is 3.53. The summed E-state index contributed by atoms with van der Waals surface area (Å²) >= 11 is 0. The fourth-order valence-electron chi connectivity index (χ4n) is 2.53. The second-order valence-electron chi connectivity index (χ2n) is 4.45. The second-order valence-corrected chi connectivity index (χ2v) is 4.45.